The fourth-order valence-electron chi connectivity index (χ4n) is 1.46. The molecule has 0 saturated carbocycles. The van der Waals surface area contributed by atoms with Crippen LogP contribution >= 0.6 is 11.6 Å². The second-order valence-corrected chi connectivity index (χ2v) is 3.93. The molecule has 0 aromatic carbocycles. The Hall–Kier alpha value is -1.07. The van der Waals surface area contributed by atoms with Gasteiger partial charge in [-0.05, 0) is 13.8 Å². The third-order valence-electron chi connectivity index (χ3n) is 2.29. The van der Waals surface area contributed by atoms with Crippen LogP contribution in [-0.2, 0) is 17.9 Å². The monoisotopic (exact) mass is 244 g/mol. The molecule has 1 heterocycles. The minimum Gasteiger partial charge on any atom is -0.370 e. The maximum Gasteiger partial charge on any atom is 0.218 e. The number of amides is 1. The molecule has 0 radical (unpaired) electrons. The predicted octanol–water partition coefficient (Wildman–Crippen LogP) is 0.830. The standard InChI is InChI=1S/C10H17ClN4O/c1-3-15-8(10(11)7(2)14-15)6-13-5-4-9(12)16/h13H,3-6H2,1-2H3,(H2,12,16). The van der Waals surface area contributed by atoms with E-state index in [1.54, 1.807) is 0 Å². The summed E-state index contributed by atoms with van der Waals surface area (Å²) in [5, 5.41) is 8.10. The lowest BCUT2D eigenvalue weighted by atomic mass is 10.3. The van der Waals surface area contributed by atoms with Gasteiger partial charge in [-0.1, -0.05) is 11.6 Å². The van der Waals surface area contributed by atoms with Crippen molar-refractivity contribution in [2.75, 3.05) is 6.54 Å². The van der Waals surface area contributed by atoms with Crippen LogP contribution in [0.15, 0.2) is 0 Å². The Balaban J connectivity index is 2.55. The Morgan fingerprint density at radius 3 is 2.88 bits per heavy atom. The fraction of sp³-hybridized carbons (Fsp3) is 0.600. The van der Waals surface area contributed by atoms with Crippen LogP contribution in [0.25, 0.3) is 0 Å². The van der Waals surface area contributed by atoms with E-state index in [1.165, 1.54) is 0 Å². The van der Waals surface area contributed by atoms with Crippen molar-refractivity contribution in [2.45, 2.75) is 33.4 Å². The fourth-order valence-corrected chi connectivity index (χ4v) is 1.66. The molecule has 1 amide bonds. The number of nitrogens with one attached hydrogen (secondary N) is 1. The quantitative estimate of drug-likeness (QED) is 0.728. The molecule has 1 rings (SSSR count). The zero-order chi connectivity index (χ0) is 12.1. The molecule has 0 bridgehead atoms. The number of nitrogens with two attached hydrogens (primary N) is 1. The summed E-state index contributed by atoms with van der Waals surface area (Å²) in [5.74, 6) is -0.307. The van der Waals surface area contributed by atoms with Gasteiger partial charge in [-0.15, -0.1) is 0 Å². The first-order valence-electron chi connectivity index (χ1n) is 5.27. The third kappa shape index (κ3) is 3.21. The molecule has 0 fully saturated rings. The van der Waals surface area contributed by atoms with Crippen LogP contribution < -0.4 is 11.1 Å². The van der Waals surface area contributed by atoms with Crippen molar-refractivity contribution in [3.05, 3.63) is 16.4 Å². The average Bonchev–Trinajstić information content (AvgIpc) is 2.50. The van der Waals surface area contributed by atoms with E-state index in [1.807, 2.05) is 18.5 Å². The van der Waals surface area contributed by atoms with E-state index in [4.69, 9.17) is 17.3 Å². The highest BCUT2D eigenvalue weighted by molar-refractivity contribution is 6.31. The minimum atomic E-state index is -0.307. The molecule has 0 spiro atoms. The van der Waals surface area contributed by atoms with Crippen molar-refractivity contribution in [3.63, 3.8) is 0 Å². The maximum atomic E-state index is 10.5. The molecular weight excluding hydrogens is 228 g/mol. The first kappa shape index (κ1) is 13.0. The van der Waals surface area contributed by atoms with Crippen molar-refractivity contribution in [2.24, 2.45) is 5.73 Å². The molecule has 0 saturated heterocycles. The normalized spacial score (nSPS) is 10.7. The summed E-state index contributed by atoms with van der Waals surface area (Å²) >= 11 is 6.12. The van der Waals surface area contributed by atoms with Gasteiger partial charge in [0, 0.05) is 26.1 Å². The van der Waals surface area contributed by atoms with E-state index >= 15 is 0 Å². The number of primary amides is 1. The number of aromatic nitrogens is 2. The van der Waals surface area contributed by atoms with E-state index in [0.717, 1.165) is 17.9 Å². The molecule has 16 heavy (non-hydrogen) atoms. The van der Waals surface area contributed by atoms with Gasteiger partial charge in [0.25, 0.3) is 0 Å². The Kier molecular flexibility index (Phi) is 4.76. The smallest absolute Gasteiger partial charge is 0.218 e. The van der Waals surface area contributed by atoms with Crippen LogP contribution in [0.3, 0.4) is 0 Å². The molecule has 1 aromatic heterocycles. The number of halogens is 1. The van der Waals surface area contributed by atoms with Crippen LogP contribution in [0.4, 0.5) is 0 Å². The number of carbonyl (C=O) groups is 1. The van der Waals surface area contributed by atoms with E-state index in [-0.39, 0.29) is 5.91 Å². The number of nitrogens with zero attached hydrogens (tertiary/aromatic N) is 2. The summed E-state index contributed by atoms with van der Waals surface area (Å²) in [4.78, 5) is 10.5. The molecule has 0 unspecified atom stereocenters. The first-order valence-corrected chi connectivity index (χ1v) is 5.64. The third-order valence-corrected chi connectivity index (χ3v) is 2.79. The van der Waals surface area contributed by atoms with Gasteiger partial charge in [0.05, 0.1) is 16.4 Å². The Morgan fingerprint density at radius 2 is 2.31 bits per heavy atom. The molecule has 5 nitrogen and oxygen atoms in total. The van der Waals surface area contributed by atoms with Crippen molar-refractivity contribution >= 4 is 17.5 Å². The van der Waals surface area contributed by atoms with Gasteiger partial charge in [0.1, 0.15) is 0 Å². The van der Waals surface area contributed by atoms with Crippen molar-refractivity contribution in [3.8, 4) is 0 Å². The van der Waals surface area contributed by atoms with Crippen LogP contribution in [0, 0.1) is 6.92 Å². The Morgan fingerprint density at radius 1 is 1.62 bits per heavy atom. The molecule has 90 valence electrons. The lowest BCUT2D eigenvalue weighted by Crippen LogP contribution is -2.23. The van der Waals surface area contributed by atoms with E-state index in [0.29, 0.717) is 24.5 Å². The highest BCUT2D eigenvalue weighted by Gasteiger charge is 2.11. The average molecular weight is 245 g/mol. The second kappa shape index (κ2) is 5.86. The molecule has 0 aliphatic heterocycles. The number of carbonyl (C=O) groups excluding carboxylic acids is 1. The number of aryl methyl sites for hydroxylation is 2. The summed E-state index contributed by atoms with van der Waals surface area (Å²) in [6.45, 7) is 5.82. The zero-order valence-corrected chi connectivity index (χ0v) is 10.3. The number of rotatable bonds is 6. The number of hydrogen-bond donors (Lipinski definition) is 2. The highest BCUT2D eigenvalue weighted by Crippen LogP contribution is 2.19. The van der Waals surface area contributed by atoms with Crippen LogP contribution in [-0.4, -0.2) is 22.2 Å². The molecule has 0 atom stereocenters. The van der Waals surface area contributed by atoms with Crippen molar-refractivity contribution in [1.82, 2.24) is 15.1 Å². The summed E-state index contributed by atoms with van der Waals surface area (Å²) in [5.41, 5.74) is 6.82. The van der Waals surface area contributed by atoms with Gasteiger partial charge >= 0.3 is 0 Å². The van der Waals surface area contributed by atoms with Gasteiger partial charge in [0.2, 0.25) is 5.91 Å². The molecule has 0 aliphatic rings. The Labute approximate surface area is 99.9 Å². The van der Waals surface area contributed by atoms with Crippen LogP contribution in [0.2, 0.25) is 5.02 Å². The first-order chi connectivity index (χ1) is 7.56. The van der Waals surface area contributed by atoms with E-state index < -0.39 is 0 Å². The van der Waals surface area contributed by atoms with Gasteiger partial charge in [-0.25, -0.2) is 0 Å². The molecule has 0 aliphatic carbocycles. The van der Waals surface area contributed by atoms with E-state index in [9.17, 15) is 4.79 Å². The lowest BCUT2D eigenvalue weighted by Gasteiger charge is -2.06. The highest BCUT2D eigenvalue weighted by atomic mass is 35.5. The second-order valence-electron chi connectivity index (χ2n) is 3.55. The van der Waals surface area contributed by atoms with Gasteiger partial charge in [0.15, 0.2) is 0 Å². The van der Waals surface area contributed by atoms with E-state index in [2.05, 4.69) is 10.4 Å². The zero-order valence-electron chi connectivity index (χ0n) is 9.59. The van der Waals surface area contributed by atoms with Crippen LogP contribution in [0.1, 0.15) is 24.7 Å². The van der Waals surface area contributed by atoms with Gasteiger partial charge in [-0.2, -0.15) is 5.10 Å². The predicted molar refractivity (Wildman–Crippen MR) is 63.2 cm³/mol. The van der Waals surface area contributed by atoms with Crippen LogP contribution in [0.5, 0.6) is 0 Å². The largest absolute Gasteiger partial charge is 0.370 e. The summed E-state index contributed by atoms with van der Waals surface area (Å²) < 4.78 is 1.86. The lowest BCUT2D eigenvalue weighted by molar-refractivity contribution is -0.117. The topological polar surface area (TPSA) is 72.9 Å². The molecule has 3 N–H and O–H groups in total. The maximum absolute atomic E-state index is 10.5. The molecular formula is C10H17ClN4O. The van der Waals surface area contributed by atoms with Crippen molar-refractivity contribution in [1.29, 1.82) is 0 Å². The van der Waals surface area contributed by atoms with Gasteiger partial charge in [-0.3, -0.25) is 9.48 Å². The summed E-state index contributed by atoms with van der Waals surface area (Å²) in [6.07, 6.45) is 0.330. The van der Waals surface area contributed by atoms with Crippen molar-refractivity contribution < 1.29 is 4.79 Å². The van der Waals surface area contributed by atoms with Gasteiger partial charge < -0.3 is 11.1 Å². The summed E-state index contributed by atoms with van der Waals surface area (Å²) in [7, 11) is 0. The molecule has 6 heteroatoms. The number of hydrogen-bond acceptors (Lipinski definition) is 3. The summed E-state index contributed by atoms with van der Waals surface area (Å²) in [6, 6.07) is 0. The molecule has 1 aromatic rings. The SMILES string of the molecule is CCn1nc(C)c(Cl)c1CNCCC(N)=O. The minimum absolute atomic E-state index is 0.307. The Bertz CT molecular complexity index is 375.